The van der Waals surface area contributed by atoms with Crippen LogP contribution in [0.15, 0.2) is 48.5 Å². The van der Waals surface area contributed by atoms with Gasteiger partial charge in [0.2, 0.25) is 5.91 Å². The molecule has 5 rings (SSSR count). The number of methoxy groups -OCH3 is 1. The second-order valence-corrected chi connectivity index (χ2v) is 11.0. The summed E-state index contributed by atoms with van der Waals surface area (Å²) in [6.45, 7) is 7.60. The fourth-order valence-corrected chi connectivity index (χ4v) is 5.43. The van der Waals surface area contributed by atoms with Crippen LogP contribution in [0.1, 0.15) is 65.3 Å². The summed E-state index contributed by atoms with van der Waals surface area (Å²) in [5.41, 5.74) is 9.24. The zero-order chi connectivity index (χ0) is 30.2. The van der Waals surface area contributed by atoms with Crippen molar-refractivity contribution in [2.24, 2.45) is 0 Å². The summed E-state index contributed by atoms with van der Waals surface area (Å²) >= 11 is 0. The molecule has 0 bridgehead atoms. The number of carbonyl (C=O) groups is 1. The van der Waals surface area contributed by atoms with E-state index in [2.05, 4.69) is 44.9 Å². The smallest absolute Gasteiger partial charge is 0.243 e. The van der Waals surface area contributed by atoms with E-state index in [9.17, 15) is 4.79 Å². The molecule has 2 aromatic carbocycles. The first-order valence-corrected chi connectivity index (χ1v) is 15.1. The number of benzene rings is 2. The monoisotopic (exact) mass is 579 g/mol. The van der Waals surface area contributed by atoms with Gasteiger partial charge in [-0.1, -0.05) is 24.3 Å². The van der Waals surface area contributed by atoms with Gasteiger partial charge in [-0.15, -0.1) is 0 Å². The molecule has 0 spiro atoms. The number of rotatable bonds is 12. The first kappa shape index (κ1) is 30.0. The van der Waals surface area contributed by atoms with Crippen LogP contribution in [-0.2, 0) is 24.2 Å². The molecule has 0 saturated carbocycles. The van der Waals surface area contributed by atoms with E-state index in [0.717, 1.165) is 66.1 Å². The molecule has 0 atom stereocenters. The Bertz CT molecular complexity index is 1630. The van der Waals surface area contributed by atoms with Crippen LogP contribution in [0.5, 0.6) is 11.5 Å². The Morgan fingerprint density at radius 2 is 1.70 bits per heavy atom. The van der Waals surface area contributed by atoms with Crippen molar-refractivity contribution in [1.82, 2.24) is 20.3 Å². The van der Waals surface area contributed by atoms with Gasteiger partial charge in [-0.05, 0) is 94.7 Å². The number of unbranched alkanes of at least 4 members (excludes halogenated alkanes) is 1. The molecule has 1 aliphatic rings. The summed E-state index contributed by atoms with van der Waals surface area (Å²) in [5, 5.41) is 7.88. The largest absolute Gasteiger partial charge is 0.493 e. The molecular formula is C35H41N5O3. The Kier molecular flexibility index (Phi) is 9.87. The Morgan fingerprint density at radius 3 is 2.56 bits per heavy atom. The molecule has 0 saturated heterocycles. The van der Waals surface area contributed by atoms with Gasteiger partial charge in [-0.2, -0.15) is 0 Å². The number of para-hydroxylation sites is 1. The fourth-order valence-electron chi connectivity index (χ4n) is 5.43. The van der Waals surface area contributed by atoms with E-state index in [1.54, 1.807) is 19.3 Å². The maximum Gasteiger partial charge on any atom is 0.243 e. The highest BCUT2D eigenvalue weighted by molar-refractivity contribution is 5.93. The number of nitrogens with one attached hydrogen (secondary N) is 2. The highest BCUT2D eigenvalue weighted by Crippen LogP contribution is 2.33. The normalized spacial score (nSPS) is 12.7. The van der Waals surface area contributed by atoms with Crippen molar-refractivity contribution in [3.63, 3.8) is 0 Å². The number of hydrogen-bond acceptors (Lipinski definition) is 7. The topological polar surface area (TPSA) is 98.3 Å². The minimum absolute atomic E-state index is 0.120. The second kappa shape index (κ2) is 14.1. The molecule has 0 aliphatic heterocycles. The van der Waals surface area contributed by atoms with Crippen LogP contribution >= 0.6 is 0 Å². The van der Waals surface area contributed by atoms with Crippen molar-refractivity contribution >= 4 is 28.6 Å². The van der Waals surface area contributed by atoms with E-state index in [-0.39, 0.29) is 5.91 Å². The minimum atomic E-state index is -0.120. The van der Waals surface area contributed by atoms with E-state index in [0.29, 0.717) is 24.7 Å². The van der Waals surface area contributed by atoms with Gasteiger partial charge >= 0.3 is 0 Å². The van der Waals surface area contributed by atoms with Crippen molar-refractivity contribution in [2.45, 2.75) is 65.9 Å². The summed E-state index contributed by atoms with van der Waals surface area (Å²) in [5.74, 6) is 1.08. The Hall–Kier alpha value is -4.46. The molecular weight excluding hydrogens is 538 g/mol. The third-order valence-corrected chi connectivity index (χ3v) is 7.93. The van der Waals surface area contributed by atoms with E-state index >= 15 is 0 Å². The number of ether oxygens (including phenoxy) is 2. The molecule has 0 fully saturated rings. The summed E-state index contributed by atoms with van der Waals surface area (Å²) in [4.78, 5) is 26.5. The number of anilines is 1. The van der Waals surface area contributed by atoms with Gasteiger partial charge < -0.3 is 20.1 Å². The van der Waals surface area contributed by atoms with Crippen molar-refractivity contribution in [3.8, 4) is 11.5 Å². The number of aryl methyl sites for hydroxylation is 4. The predicted molar refractivity (Wildman–Crippen MR) is 172 cm³/mol. The Balaban J connectivity index is 1.08. The van der Waals surface area contributed by atoms with Crippen LogP contribution in [-0.4, -0.2) is 41.1 Å². The van der Waals surface area contributed by atoms with Gasteiger partial charge in [0.15, 0.2) is 11.5 Å². The summed E-state index contributed by atoms with van der Waals surface area (Å²) in [6, 6.07) is 14.0. The van der Waals surface area contributed by atoms with Gasteiger partial charge in [0.25, 0.3) is 0 Å². The van der Waals surface area contributed by atoms with Crippen molar-refractivity contribution in [2.75, 3.05) is 25.5 Å². The molecule has 224 valence electrons. The Morgan fingerprint density at radius 1 is 0.907 bits per heavy atom. The third kappa shape index (κ3) is 7.49. The molecule has 0 radical (unpaired) electrons. The van der Waals surface area contributed by atoms with Gasteiger partial charge in [-0.25, -0.2) is 0 Å². The quantitative estimate of drug-likeness (QED) is 0.147. The van der Waals surface area contributed by atoms with Crippen LogP contribution in [0.25, 0.3) is 17.0 Å². The molecule has 43 heavy (non-hydrogen) atoms. The standard InChI is InChI=1S/C35H41N5O3/c1-23-24(2)39-31(25(3)38-23)22-43-32-17-15-26(21-33(32)42-4)16-18-34(41)36-19-9-10-20-37-35-27-11-5-7-13-29(27)40-30-14-8-6-12-28(30)35/h5,7,11,13,15-18,21H,6,8-10,12,14,19-20,22H2,1-4H3,(H,36,41)(H,37,40)/b18-16+. The summed E-state index contributed by atoms with van der Waals surface area (Å²) < 4.78 is 11.5. The van der Waals surface area contributed by atoms with E-state index < -0.39 is 0 Å². The van der Waals surface area contributed by atoms with Gasteiger partial charge in [0, 0.05) is 35.9 Å². The molecule has 1 aliphatic carbocycles. The zero-order valence-corrected chi connectivity index (χ0v) is 25.6. The number of pyridine rings is 1. The summed E-state index contributed by atoms with van der Waals surface area (Å²) in [6.07, 6.45) is 9.75. The molecule has 8 nitrogen and oxygen atoms in total. The van der Waals surface area contributed by atoms with Gasteiger partial charge in [0.1, 0.15) is 6.61 Å². The Labute approximate surface area is 254 Å². The van der Waals surface area contributed by atoms with Crippen LogP contribution in [0.4, 0.5) is 5.69 Å². The lowest BCUT2D eigenvalue weighted by molar-refractivity contribution is -0.116. The maximum atomic E-state index is 12.5. The van der Waals surface area contributed by atoms with Crippen LogP contribution in [0, 0.1) is 20.8 Å². The molecule has 1 amide bonds. The number of fused-ring (bicyclic) bond motifs is 2. The van der Waals surface area contributed by atoms with E-state index in [4.69, 9.17) is 14.5 Å². The highest BCUT2D eigenvalue weighted by Gasteiger charge is 2.17. The van der Waals surface area contributed by atoms with Gasteiger partial charge in [0.05, 0.1) is 35.4 Å². The molecule has 0 unspecified atom stereocenters. The second-order valence-electron chi connectivity index (χ2n) is 11.0. The lowest BCUT2D eigenvalue weighted by Gasteiger charge is -2.21. The van der Waals surface area contributed by atoms with Crippen molar-refractivity contribution < 1.29 is 14.3 Å². The average Bonchev–Trinajstić information content (AvgIpc) is 3.02. The third-order valence-electron chi connectivity index (χ3n) is 7.93. The number of aromatic nitrogens is 3. The SMILES string of the molecule is COc1cc(/C=C/C(=O)NCCCCNc2c3c(nc4ccccc24)CCCC3)ccc1OCc1nc(C)c(C)nc1C. The highest BCUT2D eigenvalue weighted by atomic mass is 16.5. The predicted octanol–water partition coefficient (Wildman–Crippen LogP) is 6.44. The molecule has 2 aromatic heterocycles. The van der Waals surface area contributed by atoms with Crippen molar-refractivity contribution in [1.29, 1.82) is 0 Å². The number of hydrogen-bond donors (Lipinski definition) is 2. The molecule has 2 heterocycles. The summed E-state index contributed by atoms with van der Waals surface area (Å²) in [7, 11) is 1.60. The molecule has 2 N–H and O–H groups in total. The first-order valence-electron chi connectivity index (χ1n) is 15.1. The number of carbonyl (C=O) groups excluding carboxylic acids is 1. The van der Waals surface area contributed by atoms with E-state index in [1.165, 1.54) is 35.2 Å². The number of nitrogens with zero attached hydrogens (tertiary/aromatic N) is 3. The van der Waals surface area contributed by atoms with Gasteiger partial charge in [-0.3, -0.25) is 19.7 Å². The van der Waals surface area contributed by atoms with Crippen LogP contribution in [0.3, 0.4) is 0 Å². The van der Waals surface area contributed by atoms with Crippen LogP contribution in [0.2, 0.25) is 0 Å². The fraction of sp³-hybridized carbons (Fsp3) is 0.371. The minimum Gasteiger partial charge on any atom is -0.493 e. The maximum absolute atomic E-state index is 12.5. The number of amides is 1. The lowest BCUT2D eigenvalue weighted by atomic mass is 9.92. The van der Waals surface area contributed by atoms with Crippen LogP contribution < -0.4 is 20.1 Å². The average molecular weight is 580 g/mol. The molecule has 4 aromatic rings. The zero-order valence-electron chi connectivity index (χ0n) is 25.6. The lowest BCUT2D eigenvalue weighted by Crippen LogP contribution is -2.22. The van der Waals surface area contributed by atoms with Crippen molar-refractivity contribution in [3.05, 3.63) is 88.1 Å². The first-order chi connectivity index (χ1) is 20.9. The van der Waals surface area contributed by atoms with E-state index in [1.807, 2.05) is 39.0 Å². The molecule has 8 heteroatoms.